The number of allylic oxidation sites excluding steroid dienone is 2. The van der Waals surface area contributed by atoms with E-state index >= 15 is 0 Å². The molecule has 0 aliphatic heterocycles. The third-order valence-electron chi connectivity index (χ3n) is 5.71. The van der Waals surface area contributed by atoms with E-state index < -0.39 is 49.4 Å². The molecular weight excluding hydrogens is 448 g/mol. The van der Waals surface area contributed by atoms with E-state index in [0.29, 0.717) is 12.0 Å². The summed E-state index contributed by atoms with van der Waals surface area (Å²) in [6.07, 6.45) is 6.06. The quantitative estimate of drug-likeness (QED) is 0.336. The Kier molecular flexibility index (Phi) is 7.63. The maximum Gasteiger partial charge on any atom is 0.343 e. The maximum atomic E-state index is 13.5. The summed E-state index contributed by atoms with van der Waals surface area (Å²) in [4.78, 5) is 49.0. The van der Waals surface area contributed by atoms with Gasteiger partial charge in [0.25, 0.3) is 0 Å². The third-order valence-corrected chi connectivity index (χ3v) is 7.53. The first kappa shape index (κ1) is 24.6. The largest absolute Gasteiger partial charge is 0.462 e. The normalized spacial score (nSPS) is 17.6. The predicted octanol–water partition coefficient (Wildman–Crippen LogP) is 2.97. The Bertz CT molecular complexity index is 1130. The summed E-state index contributed by atoms with van der Waals surface area (Å²) in [6.45, 7) is 2.75. The van der Waals surface area contributed by atoms with Crippen molar-refractivity contribution < 1.29 is 37.1 Å². The van der Waals surface area contributed by atoms with Gasteiger partial charge in [-0.25, -0.2) is 18.0 Å². The van der Waals surface area contributed by atoms with Crippen molar-refractivity contribution in [1.29, 1.82) is 0 Å². The topological polar surface area (TPSA) is 121 Å². The molecule has 8 nitrogen and oxygen atoms in total. The summed E-state index contributed by atoms with van der Waals surface area (Å²) < 4.78 is 36.5. The Hall–Kier alpha value is -3.07. The molecule has 0 radical (unpaired) electrons. The fourth-order valence-electron chi connectivity index (χ4n) is 4.10. The molecule has 9 heteroatoms. The van der Waals surface area contributed by atoms with Crippen molar-refractivity contribution in [3.63, 3.8) is 0 Å². The molecule has 1 aromatic rings. The van der Waals surface area contributed by atoms with Crippen molar-refractivity contribution in [2.75, 3.05) is 13.2 Å². The van der Waals surface area contributed by atoms with Crippen molar-refractivity contribution in [3.8, 4) is 0 Å². The molecule has 0 amide bonds. The smallest absolute Gasteiger partial charge is 0.343 e. The molecule has 1 fully saturated rings. The molecule has 33 heavy (non-hydrogen) atoms. The van der Waals surface area contributed by atoms with E-state index in [4.69, 9.17) is 9.47 Å². The summed E-state index contributed by atoms with van der Waals surface area (Å²) in [5.74, 6) is -4.42. The second-order valence-electron chi connectivity index (χ2n) is 7.80. The number of ether oxygens (including phenoxy) is 2. The van der Waals surface area contributed by atoms with Gasteiger partial charge in [-0.1, -0.05) is 31.4 Å². The SMILES string of the molecule is CCOC(=O)C1=CC(=O)C(C(=O)OCC)=C(S(=O)(=O)c2ccc(C3CCCCC3)cc2)C1=O. The fraction of sp³-hybridized carbons (Fsp3) is 0.417. The van der Waals surface area contributed by atoms with E-state index in [1.165, 1.54) is 32.4 Å². The highest BCUT2D eigenvalue weighted by atomic mass is 32.2. The van der Waals surface area contributed by atoms with Crippen molar-refractivity contribution in [3.05, 3.63) is 52.0 Å². The average molecular weight is 475 g/mol. The molecule has 1 saturated carbocycles. The number of ketones is 2. The molecule has 0 saturated heterocycles. The second kappa shape index (κ2) is 10.2. The van der Waals surface area contributed by atoms with E-state index in [9.17, 15) is 27.6 Å². The summed E-state index contributed by atoms with van der Waals surface area (Å²) in [6, 6.07) is 6.08. The number of hydrogen-bond donors (Lipinski definition) is 0. The molecule has 176 valence electrons. The van der Waals surface area contributed by atoms with Gasteiger partial charge < -0.3 is 9.47 Å². The lowest BCUT2D eigenvalue weighted by atomic mass is 9.84. The highest BCUT2D eigenvalue weighted by Gasteiger charge is 2.43. The summed E-state index contributed by atoms with van der Waals surface area (Å²) in [5, 5.41) is 0. The van der Waals surface area contributed by atoms with Gasteiger partial charge in [0, 0.05) is 6.08 Å². The first-order valence-electron chi connectivity index (χ1n) is 11.0. The minimum Gasteiger partial charge on any atom is -0.462 e. The first-order chi connectivity index (χ1) is 15.7. The molecule has 0 spiro atoms. The van der Waals surface area contributed by atoms with Gasteiger partial charge in [0.1, 0.15) is 16.1 Å². The predicted molar refractivity (Wildman–Crippen MR) is 118 cm³/mol. The number of benzene rings is 1. The van der Waals surface area contributed by atoms with Crippen molar-refractivity contribution in [2.24, 2.45) is 0 Å². The van der Waals surface area contributed by atoms with Gasteiger partial charge in [0.05, 0.1) is 18.1 Å². The Morgan fingerprint density at radius 3 is 2.06 bits per heavy atom. The first-order valence-corrected chi connectivity index (χ1v) is 12.4. The van der Waals surface area contributed by atoms with Gasteiger partial charge in [-0.05, 0) is 50.3 Å². The number of sulfone groups is 1. The van der Waals surface area contributed by atoms with Gasteiger partial charge >= 0.3 is 11.9 Å². The molecule has 0 bridgehead atoms. The number of hydrogen-bond acceptors (Lipinski definition) is 8. The molecule has 0 N–H and O–H groups in total. The Balaban J connectivity index is 2.08. The minimum absolute atomic E-state index is 0.0865. The molecule has 1 aromatic carbocycles. The number of esters is 2. The van der Waals surface area contributed by atoms with Crippen LogP contribution in [0.1, 0.15) is 57.4 Å². The highest BCUT2D eigenvalue weighted by molar-refractivity contribution is 7.96. The zero-order chi connectivity index (χ0) is 24.2. The Morgan fingerprint density at radius 2 is 1.48 bits per heavy atom. The zero-order valence-corrected chi connectivity index (χ0v) is 19.4. The van der Waals surface area contributed by atoms with Gasteiger partial charge in [-0.2, -0.15) is 0 Å². The molecule has 2 aliphatic carbocycles. The van der Waals surface area contributed by atoms with Crippen molar-refractivity contribution in [2.45, 2.75) is 56.8 Å². The van der Waals surface area contributed by atoms with Crippen LogP contribution in [0.25, 0.3) is 0 Å². The summed E-state index contributed by atoms with van der Waals surface area (Å²) in [7, 11) is -4.63. The van der Waals surface area contributed by atoms with Crippen LogP contribution in [0.3, 0.4) is 0 Å². The summed E-state index contributed by atoms with van der Waals surface area (Å²) >= 11 is 0. The third kappa shape index (κ3) is 4.98. The fourth-order valence-corrected chi connectivity index (χ4v) is 5.64. The molecule has 0 aromatic heterocycles. The van der Waals surface area contributed by atoms with Gasteiger partial charge in [-0.15, -0.1) is 0 Å². The van der Waals surface area contributed by atoms with Crippen LogP contribution < -0.4 is 0 Å². The monoisotopic (exact) mass is 474 g/mol. The molecule has 3 rings (SSSR count). The van der Waals surface area contributed by atoms with Crippen LogP contribution in [0.5, 0.6) is 0 Å². The second-order valence-corrected chi connectivity index (χ2v) is 9.69. The number of carbonyl (C=O) groups excluding carboxylic acids is 4. The highest BCUT2D eigenvalue weighted by Crippen LogP contribution is 2.35. The van der Waals surface area contributed by atoms with E-state index in [1.54, 1.807) is 12.1 Å². The van der Waals surface area contributed by atoms with Crippen LogP contribution >= 0.6 is 0 Å². The van der Waals surface area contributed by atoms with Crippen LogP contribution in [-0.2, 0) is 38.5 Å². The van der Waals surface area contributed by atoms with Crippen LogP contribution in [-0.4, -0.2) is 45.1 Å². The van der Waals surface area contributed by atoms with Crippen LogP contribution in [0.15, 0.2) is 51.3 Å². The van der Waals surface area contributed by atoms with Gasteiger partial charge in [0.15, 0.2) is 5.78 Å². The van der Waals surface area contributed by atoms with E-state index in [0.717, 1.165) is 31.2 Å². The number of rotatable bonds is 7. The van der Waals surface area contributed by atoms with E-state index in [-0.39, 0.29) is 18.1 Å². The van der Waals surface area contributed by atoms with Crippen molar-refractivity contribution >= 4 is 33.3 Å². The molecule has 0 atom stereocenters. The van der Waals surface area contributed by atoms with Crippen LogP contribution in [0.4, 0.5) is 0 Å². The van der Waals surface area contributed by atoms with Gasteiger partial charge in [0.2, 0.25) is 15.6 Å². The molecule has 2 aliphatic rings. The molecular formula is C24H26O8S. The standard InChI is InChI=1S/C24H26O8S/c1-3-31-23(27)18-14-19(25)20(24(28)32-4-2)22(21(18)26)33(29,30)17-12-10-16(11-13-17)15-8-6-5-7-9-15/h10-15H,3-9H2,1-2H3. The Morgan fingerprint density at radius 1 is 0.909 bits per heavy atom. The van der Waals surface area contributed by atoms with E-state index in [1.807, 2.05) is 0 Å². The summed E-state index contributed by atoms with van der Waals surface area (Å²) in [5.41, 5.74) is -0.662. The minimum atomic E-state index is -4.63. The van der Waals surface area contributed by atoms with E-state index in [2.05, 4.69) is 0 Å². The number of carbonyl (C=O) groups is 4. The lowest BCUT2D eigenvalue weighted by molar-refractivity contribution is -0.142. The van der Waals surface area contributed by atoms with Gasteiger partial charge in [-0.3, -0.25) is 9.59 Å². The maximum absolute atomic E-state index is 13.5. The molecule has 0 unspecified atom stereocenters. The van der Waals surface area contributed by atoms with Crippen molar-refractivity contribution in [1.82, 2.24) is 0 Å². The lowest BCUT2D eigenvalue weighted by Crippen LogP contribution is -2.32. The lowest BCUT2D eigenvalue weighted by Gasteiger charge is -2.22. The number of Topliss-reactive ketones (excluding diaryl/α,β-unsaturated/α-hetero) is 1. The Labute approximate surface area is 192 Å². The van der Waals surface area contributed by atoms with Crippen LogP contribution in [0, 0.1) is 0 Å². The molecule has 0 heterocycles. The zero-order valence-electron chi connectivity index (χ0n) is 18.6. The average Bonchev–Trinajstić information content (AvgIpc) is 2.80. The van der Waals surface area contributed by atoms with Crippen LogP contribution in [0.2, 0.25) is 0 Å².